The second kappa shape index (κ2) is 14.1. The number of guanidine groups is 1. The molecule has 0 saturated heterocycles. The third kappa shape index (κ3) is 9.80. The van der Waals surface area contributed by atoms with Gasteiger partial charge in [-0.1, -0.05) is 0 Å². The number of imidazole rings is 2. The number of carbonyl (C=O) groups excluding carboxylic acids is 3. The average Bonchev–Trinajstić information content (AvgIpc) is 3.53. The fourth-order valence-corrected chi connectivity index (χ4v) is 3.14. The van der Waals surface area contributed by atoms with Crippen molar-refractivity contribution < 1.29 is 24.3 Å². The van der Waals surface area contributed by atoms with Gasteiger partial charge in [0.1, 0.15) is 18.6 Å². The molecule has 0 aromatic carbocycles. The number of nitrogens with one attached hydrogen (secondary N) is 5. The summed E-state index contributed by atoms with van der Waals surface area (Å²) in [7, 11) is 0. The highest BCUT2D eigenvalue weighted by atomic mass is 16.4. The number of aromatic nitrogens is 4. The Morgan fingerprint density at radius 3 is 2.00 bits per heavy atom. The van der Waals surface area contributed by atoms with Crippen LogP contribution in [0.5, 0.6) is 0 Å². The highest BCUT2D eigenvalue weighted by Crippen LogP contribution is 2.05. The van der Waals surface area contributed by atoms with Gasteiger partial charge >= 0.3 is 5.97 Å². The minimum Gasteiger partial charge on any atom is -0.480 e. The fourth-order valence-electron chi connectivity index (χ4n) is 3.14. The smallest absolute Gasteiger partial charge is 0.322 e. The Bertz CT molecular complexity index is 1020. The van der Waals surface area contributed by atoms with Gasteiger partial charge in [-0.15, -0.1) is 0 Å². The van der Waals surface area contributed by atoms with Crippen LogP contribution in [0.4, 0.5) is 0 Å². The highest BCUT2D eigenvalue weighted by molar-refractivity contribution is 5.93. The van der Waals surface area contributed by atoms with Gasteiger partial charge in [0.15, 0.2) is 5.96 Å². The van der Waals surface area contributed by atoms with Crippen LogP contribution in [0.25, 0.3) is 0 Å². The monoisotopic (exact) mass is 505 g/mol. The number of aromatic amines is 2. The molecule has 196 valence electrons. The van der Waals surface area contributed by atoms with Crippen LogP contribution in [0.3, 0.4) is 0 Å². The minimum atomic E-state index is -1.24. The van der Waals surface area contributed by atoms with E-state index in [0.29, 0.717) is 24.4 Å². The molecular formula is C20H31N11O5. The predicted molar refractivity (Wildman–Crippen MR) is 127 cm³/mol. The summed E-state index contributed by atoms with van der Waals surface area (Å²) in [4.78, 5) is 66.6. The molecule has 0 aliphatic rings. The number of carbonyl (C=O) groups is 4. The molecule has 2 aromatic rings. The molecule has 16 heteroatoms. The molecule has 2 rings (SSSR count). The van der Waals surface area contributed by atoms with Gasteiger partial charge in [-0.25, -0.2) is 9.97 Å². The van der Waals surface area contributed by atoms with E-state index >= 15 is 0 Å². The van der Waals surface area contributed by atoms with Crippen LogP contribution in [0.2, 0.25) is 0 Å². The molecule has 0 spiro atoms. The van der Waals surface area contributed by atoms with E-state index in [1.165, 1.54) is 25.0 Å². The van der Waals surface area contributed by atoms with Crippen LogP contribution in [0, 0.1) is 0 Å². The lowest BCUT2D eigenvalue weighted by Crippen LogP contribution is -2.57. The highest BCUT2D eigenvalue weighted by Gasteiger charge is 2.29. The maximum Gasteiger partial charge on any atom is 0.322 e. The Kier molecular flexibility index (Phi) is 10.8. The molecule has 0 radical (unpaired) electrons. The minimum absolute atomic E-state index is 0.00617. The van der Waals surface area contributed by atoms with Gasteiger partial charge in [-0.3, -0.25) is 24.2 Å². The largest absolute Gasteiger partial charge is 0.480 e. The summed E-state index contributed by atoms with van der Waals surface area (Å²) in [5.74, 6) is -3.29. The van der Waals surface area contributed by atoms with Gasteiger partial charge in [0, 0.05) is 43.2 Å². The zero-order chi connectivity index (χ0) is 26.5. The van der Waals surface area contributed by atoms with E-state index in [0.717, 1.165) is 0 Å². The van der Waals surface area contributed by atoms with E-state index in [-0.39, 0.29) is 25.2 Å². The lowest BCUT2D eigenvalue weighted by Gasteiger charge is -2.23. The molecule has 2 aromatic heterocycles. The number of carboxylic acids is 1. The van der Waals surface area contributed by atoms with Crippen molar-refractivity contribution in [1.29, 1.82) is 0 Å². The van der Waals surface area contributed by atoms with Crippen molar-refractivity contribution in [3.8, 4) is 0 Å². The molecule has 3 unspecified atom stereocenters. The van der Waals surface area contributed by atoms with Crippen LogP contribution in [-0.4, -0.2) is 85.9 Å². The first-order valence-electron chi connectivity index (χ1n) is 11.0. The summed E-state index contributed by atoms with van der Waals surface area (Å²) < 4.78 is 0. The first-order chi connectivity index (χ1) is 17.2. The van der Waals surface area contributed by atoms with Gasteiger partial charge in [0.2, 0.25) is 17.7 Å². The quantitative estimate of drug-likeness (QED) is 0.0653. The molecule has 16 nitrogen and oxygen atoms in total. The lowest BCUT2D eigenvalue weighted by molar-refractivity contribution is -0.138. The Balaban J connectivity index is 2.10. The predicted octanol–water partition coefficient (Wildman–Crippen LogP) is -3.53. The van der Waals surface area contributed by atoms with E-state index in [4.69, 9.17) is 22.3 Å². The Labute approximate surface area is 205 Å². The van der Waals surface area contributed by atoms with Gasteiger partial charge in [0.05, 0.1) is 18.7 Å². The third-order valence-corrected chi connectivity index (χ3v) is 4.94. The molecule has 0 aliphatic heterocycles. The van der Waals surface area contributed by atoms with Gasteiger partial charge in [-0.05, 0) is 12.8 Å². The molecule has 0 aliphatic carbocycles. The van der Waals surface area contributed by atoms with Crippen molar-refractivity contribution in [3.05, 3.63) is 36.4 Å². The first-order valence-corrected chi connectivity index (χ1v) is 11.0. The Morgan fingerprint density at radius 1 is 0.944 bits per heavy atom. The molecule has 2 heterocycles. The van der Waals surface area contributed by atoms with Crippen LogP contribution in [0.15, 0.2) is 30.0 Å². The van der Waals surface area contributed by atoms with E-state index in [1.54, 1.807) is 0 Å². The van der Waals surface area contributed by atoms with Gasteiger partial charge in [-0.2, -0.15) is 0 Å². The van der Waals surface area contributed by atoms with Crippen LogP contribution in [-0.2, 0) is 32.0 Å². The number of carboxylic acid groups (broad SMARTS) is 1. The summed E-state index contributed by atoms with van der Waals surface area (Å²) in [6, 6.07) is -3.19. The topological polar surface area (TPSA) is 272 Å². The van der Waals surface area contributed by atoms with Crippen molar-refractivity contribution in [2.24, 2.45) is 22.2 Å². The fraction of sp³-hybridized carbons (Fsp3) is 0.450. The van der Waals surface area contributed by atoms with Crippen molar-refractivity contribution >= 4 is 29.7 Å². The summed E-state index contributed by atoms with van der Waals surface area (Å²) >= 11 is 0. The maximum atomic E-state index is 13.2. The van der Waals surface area contributed by atoms with E-state index in [9.17, 15) is 19.2 Å². The lowest BCUT2D eigenvalue weighted by atomic mass is 10.1. The summed E-state index contributed by atoms with van der Waals surface area (Å²) in [6.45, 7) is -0.334. The van der Waals surface area contributed by atoms with Crippen LogP contribution < -0.4 is 33.2 Å². The standard InChI is InChI=1S/C20H31N11O5/c21-13(2-1-3-26-20(22)23)17(34)30-15(5-12-7-25-10-29-12)19(36)31-14(4-11-6-24-9-28-11)18(35)27-8-16(32)33/h6-7,9-10,13-15H,1-5,8,21H2,(H,24,28)(H,25,29)(H,27,35)(H,30,34)(H,31,36)(H,32,33)(H4,22,23,26). The van der Waals surface area contributed by atoms with Crippen molar-refractivity contribution in [3.63, 3.8) is 0 Å². The van der Waals surface area contributed by atoms with Gasteiger partial charge in [0.25, 0.3) is 0 Å². The molecule has 3 amide bonds. The number of aliphatic imine (C=N–C) groups is 1. The maximum absolute atomic E-state index is 13.2. The molecular weight excluding hydrogens is 474 g/mol. The molecule has 0 saturated carbocycles. The second-order valence-electron chi connectivity index (χ2n) is 7.85. The second-order valence-corrected chi connectivity index (χ2v) is 7.85. The summed E-state index contributed by atoms with van der Waals surface area (Å²) in [6.07, 6.45) is 6.53. The number of amides is 3. The molecule has 36 heavy (non-hydrogen) atoms. The van der Waals surface area contributed by atoms with Crippen LogP contribution >= 0.6 is 0 Å². The van der Waals surface area contributed by atoms with E-state index < -0.39 is 48.4 Å². The molecule has 0 bridgehead atoms. The zero-order valence-electron chi connectivity index (χ0n) is 19.4. The summed E-state index contributed by atoms with van der Waals surface area (Å²) in [5.41, 5.74) is 17.6. The van der Waals surface area contributed by atoms with E-state index in [1.807, 2.05) is 0 Å². The number of nitrogens with zero attached hydrogens (tertiary/aromatic N) is 3. The molecule has 3 atom stereocenters. The van der Waals surface area contributed by atoms with Crippen molar-refractivity contribution in [2.45, 2.75) is 43.8 Å². The zero-order valence-corrected chi connectivity index (χ0v) is 19.4. The molecule has 12 N–H and O–H groups in total. The third-order valence-electron chi connectivity index (χ3n) is 4.94. The SMILES string of the molecule is NC(N)=NCCCC(N)C(=O)NC(Cc1cnc[nH]1)C(=O)NC(Cc1cnc[nH]1)C(=O)NCC(=O)O. The number of nitrogens with two attached hydrogens (primary N) is 3. The van der Waals surface area contributed by atoms with E-state index in [2.05, 4.69) is 40.9 Å². The Morgan fingerprint density at radius 2 is 1.50 bits per heavy atom. The average molecular weight is 506 g/mol. The Hall–Kier alpha value is -4.47. The number of hydrogen-bond donors (Lipinski definition) is 9. The summed E-state index contributed by atoms with van der Waals surface area (Å²) in [5, 5.41) is 16.3. The van der Waals surface area contributed by atoms with Gasteiger partial charge < -0.3 is 48.2 Å². The van der Waals surface area contributed by atoms with Crippen molar-refractivity contribution in [1.82, 2.24) is 35.9 Å². The normalized spacial score (nSPS) is 13.1. The first kappa shape index (κ1) is 27.8. The number of rotatable bonds is 15. The number of aliphatic carboxylic acids is 1. The van der Waals surface area contributed by atoms with Crippen LogP contribution in [0.1, 0.15) is 24.2 Å². The number of H-pyrrole nitrogens is 2. The molecule has 0 fully saturated rings. The van der Waals surface area contributed by atoms with Crippen molar-refractivity contribution in [2.75, 3.05) is 13.1 Å². The number of hydrogen-bond acceptors (Lipinski definition) is 8.